The maximum absolute atomic E-state index is 10.5. The Labute approximate surface area is 101 Å². The van der Waals surface area contributed by atoms with Crippen LogP contribution < -0.4 is 0 Å². The van der Waals surface area contributed by atoms with Crippen molar-refractivity contribution in [2.45, 2.75) is 51.3 Å². The van der Waals surface area contributed by atoms with Crippen LogP contribution in [0.2, 0.25) is 0 Å². The Balaban J connectivity index is 3.66. The summed E-state index contributed by atoms with van der Waals surface area (Å²) in [6.45, 7) is 8.33. The summed E-state index contributed by atoms with van der Waals surface area (Å²) < 4.78 is 5.08. The molecule has 0 atom stereocenters. The van der Waals surface area contributed by atoms with Crippen molar-refractivity contribution in [2.24, 2.45) is 0 Å². The molecular weight excluding hydrogens is 256 g/mol. The number of carbonyl (C=O) groups excluding carboxylic acids is 1. The lowest BCUT2D eigenvalue weighted by atomic mass is 10.1. The Kier molecular flexibility index (Phi) is 6.90. The van der Waals surface area contributed by atoms with Crippen molar-refractivity contribution < 1.29 is 9.53 Å². The van der Waals surface area contributed by atoms with Crippen LogP contribution in [0.5, 0.6) is 0 Å². The number of rotatable bonds is 6. The van der Waals surface area contributed by atoms with Gasteiger partial charge in [0.1, 0.15) is 0 Å². The Morgan fingerprint density at radius 2 is 2.00 bits per heavy atom. The molecule has 0 aliphatic rings. The molecule has 0 aliphatic carbocycles. The Morgan fingerprint density at radius 3 is 2.47 bits per heavy atom. The Hall–Kier alpha value is -0.310. The minimum Gasteiger partial charge on any atom is -0.466 e. The normalized spacial score (nSPS) is 12.7. The first-order chi connectivity index (χ1) is 6.81. The summed E-state index contributed by atoms with van der Waals surface area (Å²) in [4.78, 5) is 10.5. The van der Waals surface area contributed by atoms with E-state index in [0.29, 0.717) is 6.61 Å². The minimum atomic E-state index is -0.204. The fraction of sp³-hybridized carbons (Fsp3) is 0.750. The molecule has 0 aromatic carbocycles. The van der Waals surface area contributed by atoms with Gasteiger partial charge in [0.2, 0.25) is 0 Å². The molecule has 0 fully saturated rings. The summed E-state index contributed by atoms with van der Waals surface area (Å²) in [6.07, 6.45) is 5.22. The summed E-state index contributed by atoms with van der Waals surface area (Å²) in [5.74, 6) is -0.204. The number of allylic oxidation sites excluding steroid dienone is 1. The molecule has 15 heavy (non-hydrogen) atoms. The summed E-state index contributed by atoms with van der Waals surface area (Å²) in [5, 5.41) is 0. The van der Waals surface area contributed by atoms with Gasteiger partial charge in [-0.1, -0.05) is 41.4 Å². The predicted octanol–water partition coefficient (Wildman–Crippen LogP) is 3.84. The first-order valence-electron chi connectivity index (χ1n) is 5.29. The van der Waals surface area contributed by atoms with Gasteiger partial charge in [-0.15, -0.1) is 0 Å². The molecule has 0 radical (unpaired) electrons. The van der Waals surface area contributed by atoms with Gasteiger partial charge in [0.15, 0.2) is 0 Å². The van der Waals surface area contributed by atoms with E-state index < -0.39 is 0 Å². The first kappa shape index (κ1) is 14.7. The quantitative estimate of drug-likeness (QED) is 0.419. The topological polar surface area (TPSA) is 26.3 Å². The van der Waals surface area contributed by atoms with E-state index in [-0.39, 0.29) is 10.3 Å². The van der Waals surface area contributed by atoms with Crippen LogP contribution in [0.15, 0.2) is 11.6 Å². The van der Waals surface area contributed by atoms with Crippen LogP contribution in [-0.4, -0.2) is 16.9 Å². The van der Waals surface area contributed by atoms with Crippen LogP contribution in [0.4, 0.5) is 0 Å². The van der Waals surface area contributed by atoms with E-state index in [0.717, 1.165) is 19.3 Å². The highest BCUT2D eigenvalue weighted by Crippen LogP contribution is 2.22. The summed E-state index contributed by atoms with van der Waals surface area (Å²) in [7, 11) is 0. The van der Waals surface area contributed by atoms with Gasteiger partial charge in [0.25, 0.3) is 0 Å². The molecule has 0 aromatic heterocycles. The number of halogens is 1. The minimum absolute atomic E-state index is 0.204. The van der Waals surface area contributed by atoms with Gasteiger partial charge in [0, 0.05) is 17.7 Å². The van der Waals surface area contributed by atoms with E-state index in [4.69, 9.17) is 4.74 Å². The highest BCUT2D eigenvalue weighted by molar-refractivity contribution is 9.10. The zero-order valence-electron chi connectivity index (χ0n) is 10.1. The van der Waals surface area contributed by atoms with E-state index >= 15 is 0 Å². The first-order valence-corrected chi connectivity index (χ1v) is 6.08. The van der Waals surface area contributed by atoms with E-state index in [1.807, 2.05) is 0 Å². The molecule has 0 bridgehead atoms. The van der Waals surface area contributed by atoms with Gasteiger partial charge >= 0.3 is 5.97 Å². The third kappa shape index (κ3) is 11.6. The van der Waals surface area contributed by atoms with Crippen molar-refractivity contribution in [3.8, 4) is 0 Å². The van der Waals surface area contributed by atoms with Crippen molar-refractivity contribution in [3.63, 3.8) is 0 Å². The summed E-state index contributed by atoms with van der Waals surface area (Å²) in [5.41, 5.74) is 1.29. The molecular formula is C12H21BrO2. The van der Waals surface area contributed by atoms with Crippen molar-refractivity contribution in [3.05, 3.63) is 11.6 Å². The SMILES string of the molecule is CC(=O)OCC/C(C)=C/CCC(C)(C)Br. The summed E-state index contributed by atoms with van der Waals surface area (Å²) >= 11 is 3.60. The van der Waals surface area contributed by atoms with Gasteiger partial charge in [-0.2, -0.15) is 0 Å². The van der Waals surface area contributed by atoms with E-state index in [9.17, 15) is 4.79 Å². The molecule has 0 amide bonds. The molecule has 88 valence electrons. The highest BCUT2D eigenvalue weighted by atomic mass is 79.9. The van der Waals surface area contributed by atoms with Crippen LogP contribution in [0.3, 0.4) is 0 Å². The van der Waals surface area contributed by atoms with Crippen molar-refractivity contribution >= 4 is 21.9 Å². The molecule has 3 heteroatoms. The zero-order chi connectivity index (χ0) is 11.9. The Bertz CT molecular complexity index is 226. The number of esters is 1. The summed E-state index contributed by atoms with van der Waals surface area (Å²) in [6, 6.07) is 0. The maximum atomic E-state index is 10.5. The molecule has 0 aromatic rings. The lowest BCUT2D eigenvalue weighted by Gasteiger charge is -2.14. The molecule has 0 unspecified atom stereocenters. The second kappa shape index (κ2) is 7.04. The molecule has 0 heterocycles. The zero-order valence-corrected chi connectivity index (χ0v) is 11.7. The van der Waals surface area contributed by atoms with Gasteiger partial charge in [0.05, 0.1) is 6.61 Å². The molecule has 0 N–H and O–H groups in total. The van der Waals surface area contributed by atoms with Crippen molar-refractivity contribution in [1.82, 2.24) is 0 Å². The fourth-order valence-corrected chi connectivity index (χ4v) is 1.35. The van der Waals surface area contributed by atoms with E-state index in [1.54, 1.807) is 0 Å². The third-order valence-electron chi connectivity index (χ3n) is 2.03. The van der Waals surface area contributed by atoms with Crippen LogP contribution in [-0.2, 0) is 9.53 Å². The predicted molar refractivity (Wildman–Crippen MR) is 67.2 cm³/mol. The van der Waals surface area contributed by atoms with Gasteiger partial charge in [-0.25, -0.2) is 0 Å². The standard InChI is InChI=1S/C12H21BrO2/c1-10(7-9-15-11(2)14)6-5-8-12(3,4)13/h6H,5,7-9H2,1-4H3/b10-6+. The average molecular weight is 277 g/mol. The fourth-order valence-electron chi connectivity index (χ4n) is 1.12. The van der Waals surface area contributed by atoms with Gasteiger partial charge < -0.3 is 4.74 Å². The number of hydrogen-bond donors (Lipinski definition) is 0. The highest BCUT2D eigenvalue weighted by Gasteiger charge is 2.10. The van der Waals surface area contributed by atoms with Gasteiger partial charge in [-0.05, 0) is 19.8 Å². The largest absolute Gasteiger partial charge is 0.466 e. The van der Waals surface area contributed by atoms with Crippen molar-refractivity contribution in [2.75, 3.05) is 6.61 Å². The molecule has 0 saturated heterocycles. The van der Waals surface area contributed by atoms with Crippen molar-refractivity contribution in [1.29, 1.82) is 0 Å². The molecule has 0 aliphatic heterocycles. The van der Waals surface area contributed by atoms with E-state index in [1.165, 1.54) is 12.5 Å². The second-order valence-corrected chi connectivity index (χ2v) is 6.54. The van der Waals surface area contributed by atoms with Crippen LogP contribution in [0.25, 0.3) is 0 Å². The number of carbonyl (C=O) groups is 1. The third-order valence-corrected chi connectivity index (χ3v) is 2.43. The van der Waals surface area contributed by atoms with Gasteiger partial charge in [-0.3, -0.25) is 4.79 Å². The number of alkyl halides is 1. The smallest absolute Gasteiger partial charge is 0.302 e. The molecule has 0 saturated carbocycles. The van der Waals surface area contributed by atoms with Crippen LogP contribution in [0, 0.1) is 0 Å². The van der Waals surface area contributed by atoms with Crippen LogP contribution >= 0.6 is 15.9 Å². The molecule has 2 nitrogen and oxygen atoms in total. The van der Waals surface area contributed by atoms with Crippen LogP contribution in [0.1, 0.15) is 47.0 Å². The molecule has 0 rings (SSSR count). The lowest BCUT2D eigenvalue weighted by molar-refractivity contribution is -0.140. The lowest BCUT2D eigenvalue weighted by Crippen LogP contribution is -2.07. The van der Waals surface area contributed by atoms with E-state index in [2.05, 4.69) is 42.8 Å². The monoisotopic (exact) mass is 276 g/mol. The second-order valence-electron chi connectivity index (χ2n) is 4.40. The average Bonchev–Trinajstić information content (AvgIpc) is 2.00. The Morgan fingerprint density at radius 1 is 1.40 bits per heavy atom. The number of hydrogen-bond acceptors (Lipinski definition) is 2. The number of ether oxygens (including phenoxy) is 1. The molecule has 0 spiro atoms. The maximum Gasteiger partial charge on any atom is 0.302 e.